The van der Waals surface area contributed by atoms with E-state index in [2.05, 4.69) is 0 Å². The molecule has 0 fully saturated rings. The number of amides is 1. The molecule has 0 bridgehead atoms. The Morgan fingerprint density at radius 3 is 2.42 bits per heavy atom. The van der Waals surface area contributed by atoms with Crippen LogP contribution in [0.2, 0.25) is 0 Å². The first kappa shape index (κ1) is 15.0. The van der Waals surface area contributed by atoms with Gasteiger partial charge >= 0.3 is 5.97 Å². The van der Waals surface area contributed by atoms with Crippen LogP contribution >= 0.6 is 0 Å². The second-order valence-corrected chi connectivity index (χ2v) is 4.48. The first-order valence-corrected chi connectivity index (χ1v) is 6.23. The van der Waals surface area contributed by atoms with E-state index >= 15 is 0 Å². The van der Waals surface area contributed by atoms with Crippen molar-refractivity contribution in [3.05, 3.63) is 29.8 Å². The summed E-state index contributed by atoms with van der Waals surface area (Å²) >= 11 is 0. The fourth-order valence-corrected chi connectivity index (χ4v) is 1.73. The van der Waals surface area contributed by atoms with Crippen molar-refractivity contribution in [1.82, 2.24) is 4.90 Å². The summed E-state index contributed by atoms with van der Waals surface area (Å²) in [6, 6.07) is 6.89. The van der Waals surface area contributed by atoms with Gasteiger partial charge < -0.3 is 15.1 Å². The highest BCUT2D eigenvalue weighted by atomic mass is 16.4. The van der Waals surface area contributed by atoms with Gasteiger partial charge in [-0.2, -0.15) is 0 Å². The van der Waals surface area contributed by atoms with Gasteiger partial charge in [0.1, 0.15) is 5.75 Å². The van der Waals surface area contributed by atoms with E-state index in [1.54, 1.807) is 31.3 Å². The number of aliphatic carboxylic acids is 1. The standard InChI is InChI=1S/C14H19NO4/c1-15(10-11-6-2-3-7-12(11)16)13(17)8-4-5-9-14(18)19/h2-3,6-7,16H,4-5,8-10H2,1H3,(H,18,19). The zero-order valence-electron chi connectivity index (χ0n) is 11.0. The molecule has 0 saturated heterocycles. The maximum atomic E-state index is 11.8. The maximum absolute atomic E-state index is 11.8. The molecule has 0 radical (unpaired) electrons. The zero-order chi connectivity index (χ0) is 14.3. The van der Waals surface area contributed by atoms with Gasteiger partial charge in [0.2, 0.25) is 5.91 Å². The number of para-hydroxylation sites is 1. The van der Waals surface area contributed by atoms with Gasteiger partial charge in [-0.15, -0.1) is 0 Å². The Balaban J connectivity index is 2.37. The fraction of sp³-hybridized carbons (Fsp3) is 0.429. The lowest BCUT2D eigenvalue weighted by molar-refractivity contribution is -0.137. The second-order valence-electron chi connectivity index (χ2n) is 4.48. The van der Waals surface area contributed by atoms with Crippen molar-refractivity contribution >= 4 is 11.9 Å². The molecule has 1 rings (SSSR count). The SMILES string of the molecule is CN(Cc1ccccc1O)C(=O)CCCCC(=O)O. The molecular weight excluding hydrogens is 246 g/mol. The van der Waals surface area contributed by atoms with Crippen LogP contribution in [0.1, 0.15) is 31.2 Å². The fourth-order valence-electron chi connectivity index (χ4n) is 1.73. The predicted molar refractivity (Wildman–Crippen MR) is 70.7 cm³/mol. The van der Waals surface area contributed by atoms with E-state index in [4.69, 9.17) is 5.11 Å². The number of carbonyl (C=O) groups is 2. The van der Waals surface area contributed by atoms with E-state index in [1.165, 1.54) is 4.90 Å². The minimum absolute atomic E-state index is 0.0476. The van der Waals surface area contributed by atoms with Gasteiger partial charge in [-0.05, 0) is 18.9 Å². The van der Waals surface area contributed by atoms with Gasteiger partial charge in [-0.3, -0.25) is 9.59 Å². The lowest BCUT2D eigenvalue weighted by Gasteiger charge is -2.17. The molecule has 2 N–H and O–H groups in total. The number of hydrogen-bond acceptors (Lipinski definition) is 3. The molecule has 0 heterocycles. The topological polar surface area (TPSA) is 77.8 Å². The van der Waals surface area contributed by atoms with Crippen LogP contribution in [0.4, 0.5) is 0 Å². The molecule has 0 atom stereocenters. The highest BCUT2D eigenvalue weighted by Gasteiger charge is 2.11. The van der Waals surface area contributed by atoms with E-state index in [-0.39, 0.29) is 18.1 Å². The third kappa shape index (κ3) is 5.42. The van der Waals surface area contributed by atoms with E-state index < -0.39 is 5.97 Å². The summed E-state index contributed by atoms with van der Waals surface area (Å²) in [7, 11) is 1.67. The number of carboxylic acids is 1. The molecule has 5 heteroatoms. The normalized spacial score (nSPS) is 10.2. The number of benzene rings is 1. The largest absolute Gasteiger partial charge is 0.508 e. The van der Waals surface area contributed by atoms with Crippen LogP contribution in [-0.2, 0) is 16.1 Å². The molecular formula is C14H19NO4. The number of rotatable bonds is 7. The molecule has 1 aromatic rings. The van der Waals surface area contributed by atoms with Crippen LogP contribution in [0.3, 0.4) is 0 Å². The van der Waals surface area contributed by atoms with Crippen LogP contribution in [0.15, 0.2) is 24.3 Å². The summed E-state index contributed by atoms with van der Waals surface area (Å²) in [5.41, 5.74) is 0.698. The Labute approximate surface area is 112 Å². The Hall–Kier alpha value is -2.04. The summed E-state index contributed by atoms with van der Waals surface area (Å²) < 4.78 is 0. The zero-order valence-corrected chi connectivity index (χ0v) is 11.0. The molecule has 19 heavy (non-hydrogen) atoms. The van der Waals surface area contributed by atoms with Crippen molar-refractivity contribution in [2.75, 3.05) is 7.05 Å². The summed E-state index contributed by atoms with van der Waals surface area (Å²) in [6.07, 6.45) is 1.50. The molecule has 0 aliphatic rings. The van der Waals surface area contributed by atoms with Gasteiger partial charge in [0.05, 0.1) is 0 Å². The van der Waals surface area contributed by atoms with Crippen LogP contribution in [0, 0.1) is 0 Å². The molecule has 0 aromatic heterocycles. The average molecular weight is 265 g/mol. The van der Waals surface area contributed by atoms with Crippen molar-refractivity contribution in [2.24, 2.45) is 0 Å². The van der Waals surface area contributed by atoms with E-state index in [9.17, 15) is 14.7 Å². The number of carbonyl (C=O) groups excluding carboxylic acids is 1. The molecule has 0 saturated carbocycles. The number of hydrogen-bond donors (Lipinski definition) is 2. The summed E-state index contributed by atoms with van der Waals surface area (Å²) in [5, 5.41) is 18.1. The van der Waals surface area contributed by atoms with Crippen LogP contribution in [0.25, 0.3) is 0 Å². The minimum Gasteiger partial charge on any atom is -0.508 e. The van der Waals surface area contributed by atoms with E-state index in [0.29, 0.717) is 31.4 Å². The third-order valence-corrected chi connectivity index (χ3v) is 2.86. The van der Waals surface area contributed by atoms with Gasteiger partial charge in [-0.25, -0.2) is 0 Å². The lowest BCUT2D eigenvalue weighted by atomic mass is 10.1. The monoisotopic (exact) mass is 265 g/mol. The number of unbranched alkanes of at least 4 members (excludes halogenated alkanes) is 1. The van der Waals surface area contributed by atoms with Crippen LogP contribution in [-0.4, -0.2) is 34.0 Å². The number of nitrogens with zero attached hydrogens (tertiary/aromatic N) is 1. The number of phenolic OH excluding ortho intramolecular Hbond substituents is 1. The van der Waals surface area contributed by atoms with Gasteiger partial charge in [0.25, 0.3) is 0 Å². The summed E-state index contributed by atoms with van der Waals surface area (Å²) in [6.45, 7) is 0.352. The molecule has 5 nitrogen and oxygen atoms in total. The predicted octanol–water partition coefficient (Wildman–Crippen LogP) is 2.00. The van der Waals surface area contributed by atoms with Gasteiger partial charge in [0.15, 0.2) is 0 Å². The van der Waals surface area contributed by atoms with E-state index in [1.807, 2.05) is 0 Å². The van der Waals surface area contributed by atoms with Crippen molar-refractivity contribution in [2.45, 2.75) is 32.2 Å². The maximum Gasteiger partial charge on any atom is 0.303 e. The molecule has 0 spiro atoms. The third-order valence-electron chi connectivity index (χ3n) is 2.86. The van der Waals surface area contributed by atoms with E-state index in [0.717, 1.165) is 0 Å². The molecule has 0 unspecified atom stereocenters. The van der Waals surface area contributed by atoms with Crippen molar-refractivity contribution in [1.29, 1.82) is 0 Å². The molecule has 0 aliphatic carbocycles. The first-order chi connectivity index (χ1) is 9.00. The average Bonchev–Trinajstić information content (AvgIpc) is 2.36. The van der Waals surface area contributed by atoms with Crippen molar-refractivity contribution < 1.29 is 19.8 Å². The molecule has 104 valence electrons. The quantitative estimate of drug-likeness (QED) is 0.739. The second kappa shape index (κ2) is 7.41. The van der Waals surface area contributed by atoms with Crippen molar-refractivity contribution in [3.63, 3.8) is 0 Å². The Bertz CT molecular complexity index is 445. The highest BCUT2D eigenvalue weighted by molar-refractivity contribution is 5.76. The molecule has 1 amide bonds. The number of carboxylic acid groups (broad SMARTS) is 1. The molecule has 0 aliphatic heterocycles. The summed E-state index contributed by atoms with van der Waals surface area (Å²) in [4.78, 5) is 23.7. The number of aromatic hydroxyl groups is 1. The Kier molecular flexibility index (Phi) is 5.85. The number of phenols is 1. The van der Waals surface area contributed by atoms with Crippen LogP contribution < -0.4 is 0 Å². The Morgan fingerprint density at radius 2 is 1.79 bits per heavy atom. The van der Waals surface area contributed by atoms with Gasteiger partial charge in [0, 0.05) is 32.0 Å². The molecule has 1 aromatic carbocycles. The smallest absolute Gasteiger partial charge is 0.303 e. The highest BCUT2D eigenvalue weighted by Crippen LogP contribution is 2.17. The first-order valence-electron chi connectivity index (χ1n) is 6.23. The van der Waals surface area contributed by atoms with Gasteiger partial charge in [-0.1, -0.05) is 18.2 Å². The van der Waals surface area contributed by atoms with Crippen LogP contribution in [0.5, 0.6) is 5.75 Å². The van der Waals surface area contributed by atoms with Crippen molar-refractivity contribution in [3.8, 4) is 5.75 Å². The summed E-state index contributed by atoms with van der Waals surface area (Å²) in [5.74, 6) is -0.711. The lowest BCUT2D eigenvalue weighted by Crippen LogP contribution is -2.25. The minimum atomic E-state index is -0.838. The Morgan fingerprint density at radius 1 is 1.16 bits per heavy atom.